The van der Waals surface area contributed by atoms with Crippen molar-refractivity contribution in [2.45, 2.75) is 13.0 Å². The summed E-state index contributed by atoms with van der Waals surface area (Å²) in [4.78, 5) is 9.05. The molecule has 0 aliphatic heterocycles. The van der Waals surface area contributed by atoms with Crippen molar-refractivity contribution in [3.63, 3.8) is 0 Å². The molecule has 1 N–H and O–H groups in total. The molecule has 56 heavy (non-hydrogen) atoms. The van der Waals surface area contributed by atoms with Crippen LogP contribution in [0.2, 0.25) is 0 Å². The van der Waals surface area contributed by atoms with Crippen LogP contribution in [0.3, 0.4) is 0 Å². The maximum atomic E-state index is 7.42. The Kier molecular flexibility index (Phi) is 12.4. The van der Waals surface area contributed by atoms with E-state index in [1.54, 1.807) is 12.3 Å². The van der Waals surface area contributed by atoms with E-state index in [9.17, 15) is 0 Å². The zero-order valence-electron chi connectivity index (χ0n) is 31.3. The Balaban J connectivity index is 1.33. The number of benzene rings is 6. The van der Waals surface area contributed by atoms with Crippen LogP contribution in [0, 0.1) is 5.41 Å². The lowest BCUT2D eigenvalue weighted by Crippen LogP contribution is -1.99. The minimum absolute atomic E-state index is 0.493. The molecule has 0 bridgehead atoms. The summed E-state index contributed by atoms with van der Waals surface area (Å²) in [5, 5.41) is 12.3. The smallest absolute Gasteiger partial charge is 0.0650 e. The molecule has 6 aromatic rings. The first-order valence-corrected chi connectivity index (χ1v) is 18.8. The summed E-state index contributed by atoms with van der Waals surface area (Å²) in [5.74, 6) is 0. The van der Waals surface area contributed by atoms with Crippen molar-refractivity contribution in [1.29, 1.82) is 5.41 Å². The molecule has 0 aromatic heterocycles. The fourth-order valence-corrected chi connectivity index (χ4v) is 6.90. The summed E-state index contributed by atoms with van der Waals surface area (Å²) in [5.41, 5.74) is 11.0. The van der Waals surface area contributed by atoms with Gasteiger partial charge in [0.05, 0.1) is 12.3 Å². The molecular weight excluding hydrogens is 679 g/mol. The maximum Gasteiger partial charge on any atom is 0.0650 e. The van der Waals surface area contributed by atoms with Gasteiger partial charge in [-0.2, -0.15) is 0 Å². The van der Waals surface area contributed by atoms with Crippen LogP contribution in [-0.4, -0.2) is 18.6 Å². The van der Waals surface area contributed by atoms with Crippen molar-refractivity contribution in [3.8, 4) is 22.3 Å². The van der Waals surface area contributed by atoms with Gasteiger partial charge in [-0.25, -0.2) is 0 Å². The van der Waals surface area contributed by atoms with Gasteiger partial charge in [0.1, 0.15) is 0 Å². The number of nitrogens with zero attached hydrogens (tertiary/aromatic N) is 2. The third-order valence-electron chi connectivity index (χ3n) is 9.58. The summed E-state index contributed by atoms with van der Waals surface area (Å²) in [6, 6.07) is 45.5. The average Bonchev–Trinajstić information content (AvgIpc) is 3.24. The van der Waals surface area contributed by atoms with Gasteiger partial charge in [0.15, 0.2) is 0 Å². The molecule has 0 spiro atoms. The molecule has 6 aromatic carbocycles. The topological polar surface area (TPSA) is 48.6 Å². The van der Waals surface area contributed by atoms with Crippen molar-refractivity contribution in [2.75, 3.05) is 0 Å². The predicted octanol–water partition coefficient (Wildman–Crippen LogP) is 13.7. The Morgan fingerprint density at radius 1 is 0.661 bits per heavy atom. The standard InChI is InChI=1S/C53H43N3/c1-55-33-14-3-2-7-25-53(46-30-28-45(29-31-46)44-19-5-4-6-20-44)56-39-43-35-42(34-41-17-9-8-16-40(26-27-41)18-15-32-54)36-48(37-43)52-38-47-21-10-11-22-49(47)50-23-12-13-24-51(50)52/h2-7,9-38,54H,1,8,39H2/b3-2-,17-9-,18-15-,25-7+,27-26-,33-14-,40-16?,41-34+,54-32?,56-53?. The normalized spacial score (nSPS) is 15.5. The lowest BCUT2D eigenvalue weighted by atomic mass is 9.91. The Hall–Kier alpha value is -7.23. The van der Waals surface area contributed by atoms with E-state index in [1.165, 1.54) is 44.4 Å². The zero-order chi connectivity index (χ0) is 38.4. The number of fused-ring (bicyclic) bond motifs is 3. The highest BCUT2D eigenvalue weighted by Gasteiger charge is 2.11. The summed E-state index contributed by atoms with van der Waals surface area (Å²) in [6.45, 7) is 4.00. The highest BCUT2D eigenvalue weighted by molar-refractivity contribution is 6.14. The molecule has 7 rings (SSSR count). The molecule has 1 aliphatic rings. The van der Waals surface area contributed by atoms with Gasteiger partial charge in [-0.3, -0.25) is 9.98 Å². The first-order chi connectivity index (χ1) is 27.7. The second-order valence-corrected chi connectivity index (χ2v) is 13.4. The van der Waals surface area contributed by atoms with E-state index in [2.05, 4.69) is 176 Å². The van der Waals surface area contributed by atoms with Gasteiger partial charge in [-0.1, -0.05) is 158 Å². The van der Waals surface area contributed by atoms with Crippen LogP contribution in [0.15, 0.2) is 228 Å². The number of hydrogen-bond donors (Lipinski definition) is 1. The van der Waals surface area contributed by atoms with E-state index < -0.39 is 0 Å². The molecule has 0 saturated carbocycles. The Bertz CT molecular complexity index is 2640. The molecule has 1 aliphatic carbocycles. The third-order valence-corrected chi connectivity index (χ3v) is 9.58. The number of allylic oxidation sites excluding steroid dienone is 14. The van der Waals surface area contributed by atoms with Crippen molar-refractivity contribution in [1.82, 2.24) is 0 Å². The number of rotatable bonds is 12. The van der Waals surface area contributed by atoms with Crippen LogP contribution in [0.1, 0.15) is 23.1 Å². The van der Waals surface area contributed by atoms with E-state index in [0.29, 0.717) is 6.54 Å². The molecule has 0 amide bonds. The van der Waals surface area contributed by atoms with Gasteiger partial charge in [-0.05, 0) is 133 Å². The van der Waals surface area contributed by atoms with E-state index >= 15 is 0 Å². The predicted molar refractivity (Wildman–Crippen MR) is 243 cm³/mol. The number of aliphatic imine (C=N–C) groups is 2. The summed E-state index contributed by atoms with van der Waals surface area (Å²) in [6.07, 6.45) is 30.4. The van der Waals surface area contributed by atoms with Crippen LogP contribution >= 0.6 is 0 Å². The molecule has 270 valence electrons. The summed E-state index contributed by atoms with van der Waals surface area (Å²) < 4.78 is 0. The Morgan fingerprint density at radius 3 is 2.23 bits per heavy atom. The van der Waals surface area contributed by atoms with Crippen LogP contribution in [0.5, 0.6) is 0 Å². The second kappa shape index (κ2) is 18.7. The first-order valence-electron chi connectivity index (χ1n) is 18.8. The molecule has 0 radical (unpaired) electrons. The number of nitrogens with one attached hydrogen (secondary N) is 1. The second-order valence-electron chi connectivity index (χ2n) is 13.4. The van der Waals surface area contributed by atoms with Crippen molar-refractivity contribution < 1.29 is 0 Å². The van der Waals surface area contributed by atoms with Gasteiger partial charge >= 0.3 is 0 Å². The highest BCUT2D eigenvalue weighted by Crippen LogP contribution is 2.36. The third kappa shape index (κ3) is 9.46. The van der Waals surface area contributed by atoms with Gasteiger partial charge < -0.3 is 5.41 Å². The minimum Gasteiger partial charge on any atom is -0.309 e. The Labute approximate surface area is 330 Å². The van der Waals surface area contributed by atoms with Crippen LogP contribution in [0.4, 0.5) is 0 Å². The van der Waals surface area contributed by atoms with Crippen LogP contribution in [0.25, 0.3) is 49.9 Å². The highest BCUT2D eigenvalue weighted by atomic mass is 14.7. The Morgan fingerprint density at radius 2 is 1.41 bits per heavy atom. The molecule has 0 atom stereocenters. The lowest BCUT2D eigenvalue weighted by molar-refractivity contribution is 1.07. The monoisotopic (exact) mass is 721 g/mol. The van der Waals surface area contributed by atoms with E-state index in [4.69, 9.17) is 10.4 Å². The summed E-state index contributed by atoms with van der Waals surface area (Å²) >= 11 is 0. The zero-order valence-corrected chi connectivity index (χ0v) is 31.3. The largest absolute Gasteiger partial charge is 0.309 e. The van der Waals surface area contributed by atoms with Crippen molar-refractivity contribution >= 4 is 46.3 Å². The quantitative estimate of drug-likeness (QED) is 0.0743. The lowest BCUT2D eigenvalue weighted by Gasteiger charge is -2.14. The fraction of sp³-hybridized carbons (Fsp3) is 0.0377. The minimum atomic E-state index is 0.493. The van der Waals surface area contributed by atoms with E-state index in [1.807, 2.05) is 36.4 Å². The molecule has 0 unspecified atom stereocenters. The molecule has 0 saturated heterocycles. The van der Waals surface area contributed by atoms with Crippen molar-refractivity contribution in [3.05, 3.63) is 234 Å². The van der Waals surface area contributed by atoms with Gasteiger partial charge in [0.25, 0.3) is 0 Å². The van der Waals surface area contributed by atoms with Crippen molar-refractivity contribution in [2.24, 2.45) is 9.98 Å². The average molecular weight is 722 g/mol. The van der Waals surface area contributed by atoms with Gasteiger partial charge in [-0.15, -0.1) is 0 Å². The first kappa shape index (κ1) is 37.1. The molecule has 0 heterocycles. The molecule has 3 heteroatoms. The maximum absolute atomic E-state index is 7.42. The SMILES string of the molecule is C=N\C=C/C=C\C=C\C(=NCc1cc(/C=C2\C=C/CC=C(/C=C\C=N)/C=C\2)cc(-c2cc3ccccc3c3ccccc23)c1)c1ccc(-c2ccccc2)cc1. The number of hydrogen-bond acceptors (Lipinski definition) is 3. The van der Waals surface area contributed by atoms with Crippen LogP contribution < -0.4 is 0 Å². The fourth-order valence-electron chi connectivity index (χ4n) is 6.90. The van der Waals surface area contributed by atoms with Crippen LogP contribution in [-0.2, 0) is 6.54 Å². The summed E-state index contributed by atoms with van der Waals surface area (Å²) in [7, 11) is 0. The van der Waals surface area contributed by atoms with E-state index in [-0.39, 0.29) is 0 Å². The van der Waals surface area contributed by atoms with E-state index in [0.717, 1.165) is 45.5 Å². The molecular formula is C53H43N3. The van der Waals surface area contributed by atoms with Gasteiger partial charge in [0, 0.05) is 12.4 Å². The molecule has 3 nitrogen and oxygen atoms in total. The van der Waals surface area contributed by atoms with Gasteiger partial charge in [0.2, 0.25) is 0 Å². The molecule has 0 fully saturated rings.